The molecule has 222 valence electrons. The first-order valence-corrected chi connectivity index (χ1v) is 14.4. The Balaban J connectivity index is 1.32. The summed E-state index contributed by atoms with van der Waals surface area (Å²) < 4.78 is 16.0. The molecule has 1 aromatic heterocycles. The number of nitrogens with zero attached hydrogens (tertiary/aromatic N) is 4. The zero-order valence-electron chi connectivity index (χ0n) is 24.1. The average molecular weight is 610 g/mol. The van der Waals surface area contributed by atoms with Crippen LogP contribution in [-0.4, -0.2) is 49.2 Å². The molecule has 0 unspecified atom stereocenters. The number of hydrogen-bond donors (Lipinski definition) is 1. The van der Waals surface area contributed by atoms with E-state index in [9.17, 15) is 24.9 Å². The molecule has 1 saturated heterocycles. The van der Waals surface area contributed by atoms with Gasteiger partial charge in [-0.25, -0.2) is 9.88 Å². The summed E-state index contributed by atoms with van der Waals surface area (Å²) >= 11 is 1.00. The molecule has 2 N–H and O–H groups in total. The van der Waals surface area contributed by atoms with E-state index >= 15 is 0 Å². The first-order chi connectivity index (χ1) is 21.2. The van der Waals surface area contributed by atoms with Crippen molar-refractivity contribution < 1.29 is 28.6 Å². The summed E-state index contributed by atoms with van der Waals surface area (Å²) in [6, 6.07) is 13.7. The number of amides is 2. The number of allylic oxidation sites excluding steroid dienone is 1. The lowest BCUT2D eigenvalue weighted by Gasteiger charge is -2.16. The number of ketones is 1. The third-order valence-electron chi connectivity index (χ3n) is 7.32. The monoisotopic (exact) mass is 609 g/mol. The summed E-state index contributed by atoms with van der Waals surface area (Å²) in [5.74, 6) is 0.211. The van der Waals surface area contributed by atoms with E-state index in [1.54, 1.807) is 18.2 Å². The van der Waals surface area contributed by atoms with Gasteiger partial charge in [-0.2, -0.15) is 10.5 Å². The van der Waals surface area contributed by atoms with E-state index in [0.717, 1.165) is 29.5 Å². The summed E-state index contributed by atoms with van der Waals surface area (Å²) in [7, 11) is 4.51. The molecule has 12 heteroatoms. The van der Waals surface area contributed by atoms with Crippen LogP contribution in [0.5, 0.6) is 17.2 Å². The number of nitrogens with two attached hydrogens (primary N) is 1. The Morgan fingerprint density at radius 3 is 2.20 bits per heavy atom. The Morgan fingerprint density at radius 1 is 1.02 bits per heavy atom. The number of aromatic nitrogens is 1. The number of thioether (sulfide) groups is 1. The summed E-state index contributed by atoms with van der Waals surface area (Å²) in [5, 5.41) is 18.9. The predicted molar refractivity (Wildman–Crippen MR) is 163 cm³/mol. The number of ether oxygens (including phenoxy) is 3. The van der Waals surface area contributed by atoms with Gasteiger partial charge in [0, 0.05) is 12.0 Å². The first-order valence-electron chi connectivity index (χ1n) is 13.5. The van der Waals surface area contributed by atoms with E-state index in [4.69, 9.17) is 19.9 Å². The number of carbonyl (C=O) groups is 3. The molecule has 0 bridgehead atoms. The molecule has 2 amide bonds. The number of imide groups is 1. The van der Waals surface area contributed by atoms with Crippen molar-refractivity contribution in [2.75, 3.05) is 32.0 Å². The molecule has 5 rings (SSSR count). The highest BCUT2D eigenvalue weighted by atomic mass is 32.2. The molecule has 1 atom stereocenters. The Morgan fingerprint density at radius 2 is 1.66 bits per heavy atom. The van der Waals surface area contributed by atoms with Crippen LogP contribution in [0.15, 0.2) is 47.5 Å². The second-order valence-electron chi connectivity index (χ2n) is 10.0. The summed E-state index contributed by atoms with van der Waals surface area (Å²) in [6.07, 6.45) is 4.58. The lowest BCUT2D eigenvalue weighted by Crippen LogP contribution is -2.31. The van der Waals surface area contributed by atoms with Gasteiger partial charge in [-0.3, -0.25) is 14.4 Å². The molecule has 2 fully saturated rings. The highest BCUT2D eigenvalue weighted by molar-refractivity contribution is 8.00. The molecule has 3 aromatic rings. The lowest BCUT2D eigenvalue weighted by molar-refractivity contribution is -0.121. The molecular formula is C32H27N5O6S. The molecular weight excluding hydrogens is 582 g/mol. The highest BCUT2D eigenvalue weighted by Crippen LogP contribution is 2.47. The zero-order valence-corrected chi connectivity index (χ0v) is 24.9. The fourth-order valence-electron chi connectivity index (χ4n) is 5.03. The van der Waals surface area contributed by atoms with Gasteiger partial charge < -0.3 is 19.9 Å². The van der Waals surface area contributed by atoms with Crippen molar-refractivity contribution in [1.82, 2.24) is 4.98 Å². The molecule has 44 heavy (non-hydrogen) atoms. The van der Waals surface area contributed by atoms with Crippen LogP contribution >= 0.6 is 11.8 Å². The second kappa shape index (κ2) is 12.5. The van der Waals surface area contributed by atoms with Gasteiger partial charge in [0.1, 0.15) is 23.0 Å². The smallest absolute Gasteiger partial charge is 0.247 e. The number of rotatable bonds is 10. The van der Waals surface area contributed by atoms with Gasteiger partial charge in [-0.1, -0.05) is 17.8 Å². The molecule has 2 heterocycles. The molecule has 1 aliphatic heterocycles. The van der Waals surface area contributed by atoms with Crippen molar-refractivity contribution in [2.45, 2.75) is 35.5 Å². The van der Waals surface area contributed by atoms with E-state index in [1.165, 1.54) is 51.7 Å². The van der Waals surface area contributed by atoms with E-state index in [-0.39, 0.29) is 40.1 Å². The number of methoxy groups -OCH3 is 3. The first kappa shape index (κ1) is 30.1. The van der Waals surface area contributed by atoms with Crippen molar-refractivity contribution in [3.63, 3.8) is 0 Å². The number of pyridine rings is 1. The predicted octanol–water partition coefficient (Wildman–Crippen LogP) is 4.63. The van der Waals surface area contributed by atoms with Crippen LogP contribution in [0.25, 0.3) is 6.08 Å². The summed E-state index contributed by atoms with van der Waals surface area (Å²) in [6.45, 7) is 0. The fourth-order valence-corrected chi connectivity index (χ4v) is 6.16. The molecule has 2 aromatic carbocycles. The molecule has 2 aliphatic rings. The molecule has 0 radical (unpaired) electrons. The average Bonchev–Trinajstić information content (AvgIpc) is 3.84. The number of nitrogen functional groups attached to an aromatic ring is 1. The second-order valence-corrected chi connectivity index (χ2v) is 11.2. The highest BCUT2D eigenvalue weighted by Gasteiger charge is 2.42. The molecule has 11 nitrogen and oxygen atoms in total. The summed E-state index contributed by atoms with van der Waals surface area (Å²) in [4.78, 5) is 44.5. The van der Waals surface area contributed by atoms with Gasteiger partial charge in [0.05, 0.1) is 43.4 Å². The maximum absolute atomic E-state index is 13.4. The lowest BCUT2D eigenvalue weighted by atomic mass is 10.0. The number of hydrogen-bond acceptors (Lipinski definition) is 11. The molecule has 1 saturated carbocycles. The normalized spacial score (nSPS) is 16.1. The Kier molecular flexibility index (Phi) is 8.56. The van der Waals surface area contributed by atoms with Gasteiger partial charge in [0.2, 0.25) is 17.6 Å². The van der Waals surface area contributed by atoms with Crippen LogP contribution in [0.2, 0.25) is 0 Å². The van der Waals surface area contributed by atoms with Crippen LogP contribution < -0.4 is 24.8 Å². The van der Waals surface area contributed by atoms with Crippen LogP contribution in [0, 0.1) is 22.7 Å². The maximum atomic E-state index is 13.4. The minimum absolute atomic E-state index is 0.00380. The Labute approximate surface area is 257 Å². The zero-order chi connectivity index (χ0) is 31.5. The fraction of sp³-hybridized carbons (Fsp3) is 0.250. The number of anilines is 2. The van der Waals surface area contributed by atoms with E-state index in [1.807, 2.05) is 6.07 Å². The quantitative estimate of drug-likeness (QED) is 0.193. The van der Waals surface area contributed by atoms with E-state index in [0.29, 0.717) is 39.6 Å². The van der Waals surface area contributed by atoms with Crippen molar-refractivity contribution >= 4 is 46.9 Å². The third-order valence-corrected chi connectivity index (χ3v) is 8.49. The molecule has 1 aliphatic carbocycles. The largest absolute Gasteiger partial charge is 0.493 e. The van der Waals surface area contributed by atoms with Gasteiger partial charge >= 0.3 is 0 Å². The van der Waals surface area contributed by atoms with E-state index in [2.05, 4.69) is 11.1 Å². The van der Waals surface area contributed by atoms with Crippen molar-refractivity contribution in [1.29, 1.82) is 10.5 Å². The maximum Gasteiger partial charge on any atom is 0.247 e. The Bertz CT molecular complexity index is 1760. The van der Waals surface area contributed by atoms with Crippen LogP contribution in [0.1, 0.15) is 57.8 Å². The number of benzene rings is 2. The number of carbonyl (C=O) groups excluding carboxylic acids is 3. The van der Waals surface area contributed by atoms with E-state index < -0.39 is 17.1 Å². The summed E-state index contributed by atoms with van der Waals surface area (Å²) in [5.41, 5.74) is 8.35. The third kappa shape index (κ3) is 5.68. The molecule has 0 spiro atoms. The van der Waals surface area contributed by atoms with Crippen molar-refractivity contribution in [3.8, 4) is 29.4 Å². The SMILES string of the molecule is COc1cc(/C=C/C(=O)c2ccc(N3C(=O)C[C@@H](Sc4nc(N)c(C#N)c(C5CC5)c4C#N)C3=O)cc2)cc(OC)c1OC. The van der Waals surface area contributed by atoms with Crippen LogP contribution in [0.3, 0.4) is 0 Å². The van der Waals surface area contributed by atoms with Crippen molar-refractivity contribution in [2.24, 2.45) is 0 Å². The van der Waals surface area contributed by atoms with Crippen molar-refractivity contribution in [3.05, 3.63) is 70.3 Å². The topological polar surface area (TPSA) is 169 Å². The standard InChI is InChI=1S/C32H27N5O6S/c1-41-24-12-17(13-25(42-2)29(24)43-3)4-11-23(38)18-7-9-20(10-8-18)37-27(39)14-26(32(37)40)44-31-22(16-34)28(19-5-6-19)21(15-33)30(35)36-31/h4,7-13,19,26H,5-6,14H2,1-3H3,(H2,35,36)/b11-4+/t26-/m1/s1. The Hall–Kier alpha value is -5.33. The van der Waals surface area contributed by atoms with Gasteiger partial charge in [-0.15, -0.1) is 0 Å². The van der Waals surface area contributed by atoms with Crippen LogP contribution in [-0.2, 0) is 9.59 Å². The minimum Gasteiger partial charge on any atom is -0.493 e. The van der Waals surface area contributed by atoms with Gasteiger partial charge in [0.15, 0.2) is 17.3 Å². The number of nitriles is 2. The minimum atomic E-state index is -0.829. The van der Waals surface area contributed by atoms with Gasteiger partial charge in [0.25, 0.3) is 0 Å². The van der Waals surface area contributed by atoms with Gasteiger partial charge in [-0.05, 0) is 72.4 Å². The van der Waals surface area contributed by atoms with Crippen LogP contribution in [0.4, 0.5) is 11.5 Å².